The van der Waals surface area contributed by atoms with Crippen molar-refractivity contribution in [3.8, 4) is 6.07 Å². The molecule has 1 fully saturated rings. The maximum absolute atomic E-state index is 12.6. The summed E-state index contributed by atoms with van der Waals surface area (Å²) in [6.07, 6.45) is 1.78. The highest BCUT2D eigenvalue weighted by Gasteiger charge is 2.18. The van der Waals surface area contributed by atoms with Crippen LogP contribution in [0.15, 0.2) is 35.7 Å². The molecule has 4 nitrogen and oxygen atoms in total. The van der Waals surface area contributed by atoms with Crippen molar-refractivity contribution in [3.05, 3.63) is 46.2 Å². The van der Waals surface area contributed by atoms with Gasteiger partial charge in [0.05, 0.1) is 6.07 Å². The van der Waals surface area contributed by atoms with Gasteiger partial charge in [-0.1, -0.05) is 11.6 Å². The lowest BCUT2D eigenvalue weighted by Gasteiger charge is -2.22. The van der Waals surface area contributed by atoms with Gasteiger partial charge in [-0.3, -0.25) is 4.79 Å². The Morgan fingerprint density at radius 1 is 1.25 bits per heavy atom. The Morgan fingerprint density at radius 2 is 1.90 bits per heavy atom. The van der Waals surface area contributed by atoms with E-state index in [2.05, 4.69) is 16.7 Å². The molecule has 0 atom stereocenters. The van der Waals surface area contributed by atoms with Gasteiger partial charge in [0, 0.05) is 35.7 Å². The molecule has 1 aliphatic rings. The molecule has 1 aliphatic heterocycles. The van der Waals surface area contributed by atoms with Gasteiger partial charge < -0.3 is 10.6 Å². The summed E-state index contributed by atoms with van der Waals surface area (Å²) in [4.78, 5) is 12.6. The van der Waals surface area contributed by atoms with Gasteiger partial charge in [0.25, 0.3) is 0 Å². The maximum Gasteiger partial charge on any atom is 0.192 e. The number of nitrogens with one attached hydrogen (secondary N) is 2. The highest BCUT2D eigenvalue weighted by Crippen LogP contribution is 2.18. The van der Waals surface area contributed by atoms with Gasteiger partial charge in [-0.05, 0) is 37.1 Å². The van der Waals surface area contributed by atoms with E-state index < -0.39 is 0 Å². The molecule has 1 aromatic rings. The van der Waals surface area contributed by atoms with Crippen molar-refractivity contribution in [3.63, 3.8) is 0 Å². The zero-order valence-electron chi connectivity index (χ0n) is 11.1. The minimum absolute atomic E-state index is 0.0613. The topological polar surface area (TPSA) is 64.9 Å². The molecule has 2 rings (SSSR count). The summed E-state index contributed by atoms with van der Waals surface area (Å²) in [7, 11) is 0. The Kier molecular flexibility index (Phi) is 5.03. The van der Waals surface area contributed by atoms with Gasteiger partial charge in [-0.25, -0.2) is 0 Å². The number of nitrogens with zero attached hydrogens (tertiary/aromatic N) is 1. The normalized spacial score (nSPS) is 13.9. The van der Waals surface area contributed by atoms with Crippen molar-refractivity contribution in [2.24, 2.45) is 0 Å². The average Bonchev–Trinajstić information content (AvgIpc) is 2.49. The third-order valence-electron chi connectivity index (χ3n) is 3.13. The number of allylic oxidation sites excluding steroid dienone is 1. The fourth-order valence-corrected chi connectivity index (χ4v) is 2.23. The highest BCUT2D eigenvalue weighted by atomic mass is 35.5. The van der Waals surface area contributed by atoms with Crippen LogP contribution >= 0.6 is 11.6 Å². The lowest BCUT2D eigenvalue weighted by molar-refractivity contribution is 0.102. The fourth-order valence-electron chi connectivity index (χ4n) is 2.10. The van der Waals surface area contributed by atoms with Crippen LogP contribution in [0.1, 0.15) is 29.6 Å². The first-order valence-electron chi connectivity index (χ1n) is 6.60. The van der Waals surface area contributed by atoms with E-state index in [-0.39, 0.29) is 5.78 Å². The van der Waals surface area contributed by atoms with Crippen LogP contribution in [0.3, 0.4) is 0 Å². The summed E-state index contributed by atoms with van der Waals surface area (Å²) in [6, 6.07) is 8.90. The van der Waals surface area contributed by atoms with Crippen molar-refractivity contribution in [2.75, 3.05) is 13.1 Å². The molecule has 0 spiro atoms. The molecule has 0 saturated carbocycles. The lowest BCUT2D eigenvalue weighted by Crippen LogP contribution is -2.37. The van der Waals surface area contributed by atoms with Crippen molar-refractivity contribution >= 4 is 17.4 Å². The maximum atomic E-state index is 12.6. The van der Waals surface area contributed by atoms with Crippen molar-refractivity contribution in [1.82, 2.24) is 10.6 Å². The van der Waals surface area contributed by atoms with Gasteiger partial charge >= 0.3 is 0 Å². The van der Waals surface area contributed by atoms with Crippen molar-refractivity contribution in [2.45, 2.75) is 19.3 Å². The number of carbonyl (C=O) groups excluding carboxylic acids is 1. The molecule has 0 aliphatic carbocycles. The monoisotopic (exact) mass is 289 g/mol. The molecule has 0 aromatic heterocycles. The number of ketones is 1. The number of rotatable bonds is 4. The van der Waals surface area contributed by atoms with E-state index >= 15 is 0 Å². The third-order valence-corrected chi connectivity index (χ3v) is 3.38. The van der Waals surface area contributed by atoms with E-state index in [1.54, 1.807) is 24.3 Å². The number of halogens is 1. The average molecular weight is 290 g/mol. The second-order valence-corrected chi connectivity index (χ2v) is 4.99. The molecular weight excluding hydrogens is 274 g/mol. The summed E-state index contributed by atoms with van der Waals surface area (Å²) in [5.41, 5.74) is 1.22. The van der Waals surface area contributed by atoms with Crippen LogP contribution in [0.25, 0.3) is 0 Å². The zero-order chi connectivity index (χ0) is 14.4. The van der Waals surface area contributed by atoms with E-state index in [9.17, 15) is 4.79 Å². The van der Waals surface area contributed by atoms with Crippen molar-refractivity contribution in [1.29, 1.82) is 5.26 Å². The number of benzene rings is 1. The summed E-state index contributed by atoms with van der Waals surface area (Å²) in [6.45, 7) is 1.68. The van der Waals surface area contributed by atoms with Gasteiger partial charge in [0.15, 0.2) is 5.78 Å². The SMILES string of the molecule is N#CCCC(C(=O)c1ccc(Cl)cc1)=C1NCCCN1. The molecule has 0 unspecified atom stereocenters. The number of carbonyl (C=O) groups is 1. The Bertz CT molecular complexity index is 549. The van der Waals surface area contributed by atoms with Crippen LogP contribution in [-0.4, -0.2) is 18.9 Å². The third kappa shape index (κ3) is 3.52. The Labute approximate surface area is 123 Å². The molecule has 104 valence electrons. The van der Waals surface area contributed by atoms with E-state index in [0.717, 1.165) is 25.3 Å². The summed E-state index contributed by atoms with van der Waals surface area (Å²) in [5.74, 6) is 0.695. The molecule has 1 saturated heterocycles. The molecule has 0 amide bonds. The van der Waals surface area contributed by atoms with Gasteiger partial charge in [-0.15, -0.1) is 0 Å². The predicted molar refractivity (Wildman–Crippen MR) is 78.3 cm³/mol. The second-order valence-electron chi connectivity index (χ2n) is 4.55. The number of hydrogen-bond acceptors (Lipinski definition) is 4. The molecule has 5 heteroatoms. The molecule has 0 radical (unpaired) electrons. The van der Waals surface area contributed by atoms with Crippen LogP contribution in [-0.2, 0) is 0 Å². The van der Waals surface area contributed by atoms with Gasteiger partial charge in [-0.2, -0.15) is 5.26 Å². The van der Waals surface area contributed by atoms with Crippen molar-refractivity contribution < 1.29 is 4.79 Å². The Morgan fingerprint density at radius 3 is 2.50 bits per heavy atom. The Hall–Kier alpha value is -1.99. The first kappa shape index (κ1) is 14.4. The Balaban J connectivity index is 2.28. The minimum Gasteiger partial charge on any atom is -0.371 e. The number of nitriles is 1. The summed E-state index contributed by atoms with van der Waals surface area (Å²) >= 11 is 5.84. The standard InChI is InChI=1S/C15H16ClN3O/c16-12-6-4-11(5-7-12)14(20)13(3-1-8-17)15-18-9-2-10-19-15/h4-7,18-19H,1-3,9-10H2. The zero-order valence-corrected chi connectivity index (χ0v) is 11.8. The van der Waals surface area contributed by atoms with Gasteiger partial charge in [0.2, 0.25) is 0 Å². The van der Waals surface area contributed by atoms with Crippen LogP contribution in [0.2, 0.25) is 5.02 Å². The van der Waals surface area contributed by atoms with Crippen LogP contribution in [0.5, 0.6) is 0 Å². The molecule has 1 heterocycles. The van der Waals surface area contributed by atoms with Crippen LogP contribution < -0.4 is 10.6 Å². The second kappa shape index (κ2) is 6.97. The molecule has 20 heavy (non-hydrogen) atoms. The first-order chi connectivity index (χ1) is 9.72. The fraction of sp³-hybridized carbons (Fsp3) is 0.333. The highest BCUT2D eigenvalue weighted by molar-refractivity contribution is 6.30. The lowest BCUT2D eigenvalue weighted by atomic mass is 9.99. The van der Waals surface area contributed by atoms with E-state index in [0.29, 0.717) is 29.0 Å². The quantitative estimate of drug-likeness (QED) is 0.660. The van der Waals surface area contributed by atoms with Crippen LogP contribution in [0, 0.1) is 11.3 Å². The summed E-state index contributed by atoms with van der Waals surface area (Å²) < 4.78 is 0. The summed E-state index contributed by atoms with van der Waals surface area (Å²) in [5, 5.41) is 15.8. The molecule has 1 aromatic carbocycles. The number of hydrogen-bond donors (Lipinski definition) is 2. The number of Topliss-reactive ketones (excluding diaryl/α,β-unsaturated/α-hetero) is 1. The van der Waals surface area contributed by atoms with E-state index in [4.69, 9.17) is 16.9 Å². The molecular formula is C15H16ClN3O. The first-order valence-corrected chi connectivity index (χ1v) is 6.98. The van der Waals surface area contributed by atoms with E-state index in [1.165, 1.54) is 0 Å². The van der Waals surface area contributed by atoms with Gasteiger partial charge in [0.1, 0.15) is 5.82 Å². The minimum atomic E-state index is -0.0613. The van der Waals surface area contributed by atoms with E-state index in [1.807, 2.05) is 0 Å². The smallest absolute Gasteiger partial charge is 0.192 e. The molecule has 2 N–H and O–H groups in total. The largest absolute Gasteiger partial charge is 0.371 e. The predicted octanol–water partition coefficient (Wildman–Crippen LogP) is 2.62. The molecule has 0 bridgehead atoms. The van der Waals surface area contributed by atoms with Crippen LogP contribution in [0.4, 0.5) is 0 Å².